The first-order valence-corrected chi connectivity index (χ1v) is 9.83. The number of ether oxygens (including phenoxy) is 2. The Morgan fingerprint density at radius 3 is 1.68 bits per heavy atom. The number of hydrogen-bond donors (Lipinski definition) is 1. The van der Waals surface area contributed by atoms with Gasteiger partial charge in [-0.3, -0.25) is 14.4 Å². The van der Waals surface area contributed by atoms with Crippen LogP contribution in [0.3, 0.4) is 0 Å². The van der Waals surface area contributed by atoms with Crippen LogP contribution >= 0.6 is 0 Å². The molecular weight excluding hydrogens is 396 g/mol. The molecule has 0 aliphatic rings. The van der Waals surface area contributed by atoms with Gasteiger partial charge >= 0.3 is 17.9 Å². The van der Waals surface area contributed by atoms with Crippen molar-refractivity contribution >= 4 is 17.9 Å². The Morgan fingerprint density at radius 1 is 0.645 bits per heavy atom. The van der Waals surface area contributed by atoms with E-state index in [2.05, 4.69) is 0 Å². The van der Waals surface area contributed by atoms with Crippen LogP contribution in [0, 0.1) is 0 Å². The van der Waals surface area contributed by atoms with Crippen molar-refractivity contribution in [2.75, 3.05) is 0 Å². The largest absolute Gasteiger partial charge is 0.481 e. The van der Waals surface area contributed by atoms with Gasteiger partial charge in [0.25, 0.3) is 0 Å². The van der Waals surface area contributed by atoms with Crippen LogP contribution in [-0.2, 0) is 33.6 Å². The van der Waals surface area contributed by atoms with E-state index in [1.807, 2.05) is 60.7 Å². The lowest BCUT2D eigenvalue weighted by Crippen LogP contribution is -2.15. The molecule has 0 radical (unpaired) electrons. The summed E-state index contributed by atoms with van der Waals surface area (Å²) in [7, 11) is 0. The normalized spacial score (nSPS) is 10.3. The van der Waals surface area contributed by atoms with Crippen LogP contribution in [0.5, 0.6) is 11.5 Å². The number of rotatable bonds is 9. The van der Waals surface area contributed by atoms with E-state index in [-0.39, 0.29) is 37.2 Å². The summed E-state index contributed by atoms with van der Waals surface area (Å²) >= 11 is 0. The van der Waals surface area contributed by atoms with Gasteiger partial charge in [0, 0.05) is 6.42 Å². The zero-order valence-electron chi connectivity index (χ0n) is 16.8. The molecule has 0 spiro atoms. The Kier molecular flexibility index (Phi) is 7.54. The Hall–Kier alpha value is -3.93. The van der Waals surface area contributed by atoms with Crippen molar-refractivity contribution in [3.05, 3.63) is 95.6 Å². The second kappa shape index (κ2) is 10.7. The zero-order valence-corrected chi connectivity index (χ0v) is 16.8. The van der Waals surface area contributed by atoms with Crippen LogP contribution < -0.4 is 9.47 Å². The average Bonchev–Trinajstić information content (AvgIpc) is 2.75. The van der Waals surface area contributed by atoms with E-state index in [9.17, 15) is 14.4 Å². The molecule has 1 N–H and O–H groups in total. The topological polar surface area (TPSA) is 89.9 Å². The Balaban J connectivity index is 1.75. The molecule has 158 valence electrons. The molecule has 31 heavy (non-hydrogen) atoms. The summed E-state index contributed by atoms with van der Waals surface area (Å²) in [6, 6.07) is 23.0. The number of benzene rings is 3. The second-order valence-electron chi connectivity index (χ2n) is 6.95. The number of carbonyl (C=O) groups excluding carboxylic acids is 2. The van der Waals surface area contributed by atoms with Crippen LogP contribution in [0.1, 0.15) is 23.1 Å². The Bertz CT molecular complexity index is 1040. The first kappa shape index (κ1) is 21.8. The molecule has 0 bridgehead atoms. The summed E-state index contributed by atoms with van der Waals surface area (Å²) in [6.45, 7) is 0. The fourth-order valence-electron chi connectivity index (χ4n) is 2.97. The zero-order chi connectivity index (χ0) is 22.1. The van der Waals surface area contributed by atoms with E-state index < -0.39 is 17.9 Å². The summed E-state index contributed by atoms with van der Waals surface area (Å²) in [5.41, 5.74) is 2.25. The summed E-state index contributed by atoms with van der Waals surface area (Å²) in [5.74, 6) is -1.74. The third kappa shape index (κ3) is 7.12. The molecule has 0 heterocycles. The van der Waals surface area contributed by atoms with Gasteiger partial charge in [0.1, 0.15) is 0 Å². The summed E-state index contributed by atoms with van der Waals surface area (Å²) in [5, 5.41) is 8.91. The predicted octanol–water partition coefficient (Wildman–Crippen LogP) is 4.00. The fraction of sp³-hybridized carbons (Fsp3) is 0.160. The predicted molar refractivity (Wildman–Crippen MR) is 114 cm³/mol. The van der Waals surface area contributed by atoms with Crippen LogP contribution in [-0.4, -0.2) is 23.0 Å². The van der Waals surface area contributed by atoms with Gasteiger partial charge in [-0.2, -0.15) is 0 Å². The van der Waals surface area contributed by atoms with E-state index in [1.54, 1.807) is 6.07 Å². The van der Waals surface area contributed by atoms with E-state index >= 15 is 0 Å². The fourth-order valence-corrected chi connectivity index (χ4v) is 2.97. The van der Waals surface area contributed by atoms with Crippen molar-refractivity contribution in [2.24, 2.45) is 0 Å². The van der Waals surface area contributed by atoms with Crippen LogP contribution in [0.2, 0.25) is 0 Å². The third-order valence-electron chi connectivity index (χ3n) is 4.47. The van der Waals surface area contributed by atoms with Gasteiger partial charge in [-0.05, 0) is 35.2 Å². The molecule has 0 atom stereocenters. The molecule has 6 heteroatoms. The molecule has 0 aliphatic carbocycles. The van der Waals surface area contributed by atoms with Gasteiger partial charge < -0.3 is 14.6 Å². The van der Waals surface area contributed by atoms with Crippen molar-refractivity contribution in [2.45, 2.75) is 25.7 Å². The smallest absolute Gasteiger partial charge is 0.315 e. The second-order valence-corrected chi connectivity index (χ2v) is 6.95. The van der Waals surface area contributed by atoms with Gasteiger partial charge in [-0.25, -0.2) is 0 Å². The molecule has 0 amide bonds. The van der Waals surface area contributed by atoms with Crippen molar-refractivity contribution in [3.8, 4) is 11.5 Å². The van der Waals surface area contributed by atoms with E-state index in [1.165, 1.54) is 12.1 Å². The highest BCUT2D eigenvalue weighted by atomic mass is 16.6. The van der Waals surface area contributed by atoms with Gasteiger partial charge in [0.2, 0.25) is 0 Å². The number of aryl methyl sites for hydroxylation is 1. The van der Waals surface area contributed by atoms with Gasteiger partial charge in [0.15, 0.2) is 11.5 Å². The molecule has 0 saturated carbocycles. The van der Waals surface area contributed by atoms with E-state index in [0.717, 1.165) is 11.1 Å². The molecule has 0 fully saturated rings. The van der Waals surface area contributed by atoms with Crippen LogP contribution in [0.4, 0.5) is 0 Å². The van der Waals surface area contributed by atoms with Crippen LogP contribution in [0.25, 0.3) is 0 Å². The maximum absolute atomic E-state index is 12.4. The standard InChI is InChI=1S/C25H22O6/c26-23(27)14-12-20-11-13-21(30-24(28)16-18-7-3-1-4-8-18)22(15-20)31-25(29)17-19-9-5-2-6-10-19/h1-11,13,15H,12,14,16-17H2,(H,26,27). The minimum absolute atomic E-state index is 0.0532. The number of aliphatic carboxylic acids is 1. The quantitative estimate of drug-likeness (QED) is 0.417. The molecule has 0 saturated heterocycles. The molecule has 0 unspecified atom stereocenters. The molecule has 0 aliphatic heterocycles. The lowest BCUT2D eigenvalue weighted by molar-refractivity contribution is -0.137. The number of carboxylic acids is 1. The Labute approximate surface area is 180 Å². The van der Waals surface area contributed by atoms with E-state index in [4.69, 9.17) is 14.6 Å². The third-order valence-corrected chi connectivity index (χ3v) is 4.47. The number of esters is 2. The number of carbonyl (C=O) groups is 3. The lowest BCUT2D eigenvalue weighted by atomic mass is 10.1. The van der Waals surface area contributed by atoms with Crippen molar-refractivity contribution < 1.29 is 29.0 Å². The minimum atomic E-state index is -0.930. The monoisotopic (exact) mass is 418 g/mol. The highest BCUT2D eigenvalue weighted by Crippen LogP contribution is 2.30. The first-order valence-electron chi connectivity index (χ1n) is 9.83. The van der Waals surface area contributed by atoms with Crippen LogP contribution in [0.15, 0.2) is 78.9 Å². The summed E-state index contributed by atoms with van der Waals surface area (Å²) < 4.78 is 10.9. The highest BCUT2D eigenvalue weighted by molar-refractivity contribution is 5.78. The maximum atomic E-state index is 12.4. The Morgan fingerprint density at radius 2 is 1.16 bits per heavy atom. The molecule has 6 nitrogen and oxygen atoms in total. The van der Waals surface area contributed by atoms with Gasteiger partial charge in [0.05, 0.1) is 12.8 Å². The number of carboxylic acid groups (broad SMARTS) is 1. The average molecular weight is 418 g/mol. The minimum Gasteiger partial charge on any atom is -0.481 e. The maximum Gasteiger partial charge on any atom is 0.315 e. The van der Waals surface area contributed by atoms with E-state index in [0.29, 0.717) is 5.56 Å². The molecule has 0 aromatic heterocycles. The molecular formula is C25H22O6. The van der Waals surface area contributed by atoms with Crippen molar-refractivity contribution in [3.63, 3.8) is 0 Å². The number of hydrogen-bond acceptors (Lipinski definition) is 5. The summed E-state index contributed by atoms with van der Waals surface area (Å²) in [6.07, 6.45) is 0.317. The van der Waals surface area contributed by atoms with Gasteiger partial charge in [-0.15, -0.1) is 0 Å². The first-order chi connectivity index (χ1) is 15.0. The van der Waals surface area contributed by atoms with Crippen molar-refractivity contribution in [1.29, 1.82) is 0 Å². The lowest BCUT2D eigenvalue weighted by Gasteiger charge is -2.12. The summed E-state index contributed by atoms with van der Waals surface area (Å²) in [4.78, 5) is 35.7. The molecule has 3 aromatic carbocycles. The van der Waals surface area contributed by atoms with Crippen molar-refractivity contribution in [1.82, 2.24) is 0 Å². The molecule has 3 aromatic rings. The highest BCUT2D eigenvalue weighted by Gasteiger charge is 2.16. The molecule has 3 rings (SSSR count). The van der Waals surface area contributed by atoms with Gasteiger partial charge in [-0.1, -0.05) is 66.7 Å². The SMILES string of the molecule is O=C(O)CCc1ccc(OC(=O)Cc2ccccc2)c(OC(=O)Cc2ccccc2)c1.